The molecular weight excluding hydrogens is 354 g/mol. The highest BCUT2D eigenvalue weighted by molar-refractivity contribution is 7.11. The van der Waals surface area contributed by atoms with Gasteiger partial charge in [-0.3, -0.25) is 9.69 Å². The van der Waals surface area contributed by atoms with Crippen molar-refractivity contribution in [2.75, 3.05) is 18.4 Å². The smallest absolute Gasteiger partial charge is 0.224 e. The van der Waals surface area contributed by atoms with Gasteiger partial charge < -0.3 is 5.32 Å². The SMILES string of the molecule is O=C(CCC1CCN(Cc2nc3c(s2)CCCC3)CC1)Nc1ccccc1. The molecule has 0 radical (unpaired) electrons. The number of anilines is 1. The molecule has 2 aliphatic rings. The molecule has 1 aromatic heterocycles. The first-order chi connectivity index (χ1) is 13.3. The van der Waals surface area contributed by atoms with Crippen LogP contribution in [0.4, 0.5) is 5.69 Å². The number of aryl methyl sites for hydroxylation is 2. The van der Waals surface area contributed by atoms with Crippen LogP contribution in [0.2, 0.25) is 0 Å². The average molecular weight is 384 g/mol. The Morgan fingerprint density at radius 1 is 1.15 bits per heavy atom. The number of fused-ring (bicyclic) bond motifs is 1. The molecule has 0 spiro atoms. The second-order valence-electron chi connectivity index (χ2n) is 7.86. The van der Waals surface area contributed by atoms with E-state index in [4.69, 9.17) is 4.98 Å². The summed E-state index contributed by atoms with van der Waals surface area (Å²) in [6.45, 7) is 3.28. The highest BCUT2D eigenvalue weighted by Crippen LogP contribution is 2.29. The Morgan fingerprint density at radius 2 is 1.93 bits per heavy atom. The van der Waals surface area contributed by atoms with Crippen LogP contribution in [0.15, 0.2) is 30.3 Å². The van der Waals surface area contributed by atoms with Gasteiger partial charge in [0.15, 0.2) is 0 Å². The number of carbonyl (C=O) groups excluding carboxylic acids is 1. The number of likely N-dealkylation sites (tertiary alicyclic amines) is 1. The number of aromatic nitrogens is 1. The summed E-state index contributed by atoms with van der Waals surface area (Å²) >= 11 is 1.94. The number of rotatable bonds is 6. The number of nitrogens with one attached hydrogen (secondary N) is 1. The quantitative estimate of drug-likeness (QED) is 0.789. The molecule has 1 aliphatic carbocycles. The van der Waals surface area contributed by atoms with Gasteiger partial charge in [-0.15, -0.1) is 11.3 Å². The fourth-order valence-corrected chi connectivity index (χ4v) is 5.38. The number of hydrogen-bond acceptors (Lipinski definition) is 4. The molecule has 0 bridgehead atoms. The molecule has 1 fully saturated rings. The first kappa shape index (κ1) is 18.6. The molecule has 1 saturated heterocycles. The van der Waals surface area contributed by atoms with Gasteiger partial charge in [-0.25, -0.2) is 4.98 Å². The zero-order chi connectivity index (χ0) is 18.5. The zero-order valence-corrected chi connectivity index (χ0v) is 16.8. The fraction of sp³-hybridized carbons (Fsp3) is 0.545. The van der Waals surface area contributed by atoms with Crippen LogP contribution in [0, 0.1) is 5.92 Å². The summed E-state index contributed by atoms with van der Waals surface area (Å²) in [5.41, 5.74) is 2.27. The fourth-order valence-electron chi connectivity index (χ4n) is 4.18. The molecule has 2 heterocycles. The number of benzene rings is 1. The Bertz CT molecular complexity index is 727. The van der Waals surface area contributed by atoms with Crippen molar-refractivity contribution in [1.29, 1.82) is 0 Å². The first-order valence-corrected chi connectivity index (χ1v) is 11.1. The van der Waals surface area contributed by atoms with Crippen LogP contribution in [0.1, 0.15) is 54.1 Å². The van der Waals surface area contributed by atoms with Gasteiger partial charge in [0.2, 0.25) is 5.91 Å². The number of carbonyl (C=O) groups is 1. The highest BCUT2D eigenvalue weighted by atomic mass is 32.1. The minimum absolute atomic E-state index is 0.136. The van der Waals surface area contributed by atoms with E-state index < -0.39 is 0 Å². The molecule has 1 N–H and O–H groups in total. The summed E-state index contributed by atoms with van der Waals surface area (Å²) < 4.78 is 0. The molecule has 0 unspecified atom stereocenters. The average Bonchev–Trinajstić information content (AvgIpc) is 3.10. The van der Waals surface area contributed by atoms with E-state index >= 15 is 0 Å². The Kier molecular flexibility index (Phi) is 6.20. The number of amides is 1. The summed E-state index contributed by atoms with van der Waals surface area (Å²) in [5.74, 6) is 0.810. The number of para-hydroxylation sites is 1. The van der Waals surface area contributed by atoms with Crippen LogP contribution in [-0.4, -0.2) is 28.9 Å². The van der Waals surface area contributed by atoms with Gasteiger partial charge in [0.25, 0.3) is 0 Å². The van der Waals surface area contributed by atoms with Gasteiger partial charge in [0.1, 0.15) is 5.01 Å². The van der Waals surface area contributed by atoms with Gasteiger partial charge in [0.05, 0.1) is 12.2 Å². The molecule has 27 heavy (non-hydrogen) atoms. The van der Waals surface area contributed by atoms with E-state index in [-0.39, 0.29) is 5.91 Å². The maximum absolute atomic E-state index is 12.1. The summed E-state index contributed by atoms with van der Waals surface area (Å²) in [6.07, 6.45) is 9.07. The van der Waals surface area contributed by atoms with Crippen molar-refractivity contribution < 1.29 is 4.79 Å². The van der Waals surface area contributed by atoms with Crippen molar-refractivity contribution in [2.45, 2.75) is 57.9 Å². The zero-order valence-electron chi connectivity index (χ0n) is 16.0. The Balaban J connectivity index is 1.18. The van der Waals surface area contributed by atoms with E-state index in [2.05, 4.69) is 10.2 Å². The maximum Gasteiger partial charge on any atom is 0.224 e. The molecule has 1 amide bonds. The van der Waals surface area contributed by atoms with Crippen LogP contribution in [0.3, 0.4) is 0 Å². The maximum atomic E-state index is 12.1. The Hall–Kier alpha value is -1.72. The van der Waals surface area contributed by atoms with Gasteiger partial charge in [-0.2, -0.15) is 0 Å². The molecule has 0 atom stereocenters. The lowest BCUT2D eigenvalue weighted by molar-refractivity contribution is -0.116. The lowest BCUT2D eigenvalue weighted by atomic mass is 9.92. The summed E-state index contributed by atoms with van der Waals surface area (Å²) in [5, 5.41) is 4.30. The topological polar surface area (TPSA) is 45.2 Å². The number of nitrogens with zero attached hydrogens (tertiary/aromatic N) is 2. The van der Waals surface area contributed by atoms with Crippen LogP contribution in [0.25, 0.3) is 0 Å². The van der Waals surface area contributed by atoms with E-state index in [1.165, 1.54) is 54.1 Å². The predicted octanol–water partition coefficient (Wildman–Crippen LogP) is 4.65. The molecule has 0 saturated carbocycles. The van der Waals surface area contributed by atoms with Crippen molar-refractivity contribution >= 4 is 22.9 Å². The minimum Gasteiger partial charge on any atom is -0.326 e. The van der Waals surface area contributed by atoms with Crippen LogP contribution in [-0.2, 0) is 24.2 Å². The molecule has 5 heteroatoms. The van der Waals surface area contributed by atoms with Crippen molar-refractivity contribution in [1.82, 2.24) is 9.88 Å². The standard InChI is InChI=1S/C22H29N3OS/c26-21(23-18-6-2-1-3-7-18)11-10-17-12-14-25(15-13-17)16-22-24-19-8-4-5-9-20(19)27-22/h1-3,6-7,17H,4-5,8-16H2,(H,23,26). The molecule has 4 rings (SSSR count). The van der Waals surface area contributed by atoms with Gasteiger partial charge in [0, 0.05) is 17.0 Å². The van der Waals surface area contributed by atoms with Crippen molar-refractivity contribution in [3.05, 3.63) is 45.9 Å². The van der Waals surface area contributed by atoms with E-state index in [1.807, 2.05) is 41.7 Å². The van der Waals surface area contributed by atoms with E-state index in [0.29, 0.717) is 12.3 Å². The van der Waals surface area contributed by atoms with Gasteiger partial charge >= 0.3 is 0 Å². The summed E-state index contributed by atoms with van der Waals surface area (Å²) in [7, 11) is 0. The predicted molar refractivity (Wildman–Crippen MR) is 111 cm³/mol. The van der Waals surface area contributed by atoms with Crippen LogP contribution in [0.5, 0.6) is 0 Å². The lowest BCUT2D eigenvalue weighted by Gasteiger charge is -2.31. The number of thiazole rings is 1. The Morgan fingerprint density at radius 3 is 2.70 bits per heavy atom. The largest absolute Gasteiger partial charge is 0.326 e. The first-order valence-electron chi connectivity index (χ1n) is 10.3. The van der Waals surface area contributed by atoms with E-state index in [1.54, 1.807) is 0 Å². The molecule has 1 aliphatic heterocycles. The van der Waals surface area contributed by atoms with Gasteiger partial charge in [-0.1, -0.05) is 18.2 Å². The molecule has 144 valence electrons. The minimum atomic E-state index is 0.136. The molecule has 1 aromatic carbocycles. The lowest BCUT2D eigenvalue weighted by Crippen LogP contribution is -2.33. The highest BCUT2D eigenvalue weighted by Gasteiger charge is 2.22. The third kappa shape index (κ3) is 5.17. The van der Waals surface area contributed by atoms with Crippen LogP contribution >= 0.6 is 11.3 Å². The second kappa shape index (κ2) is 8.98. The van der Waals surface area contributed by atoms with Crippen molar-refractivity contribution in [2.24, 2.45) is 5.92 Å². The third-order valence-electron chi connectivity index (χ3n) is 5.79. The van der Waals surface area contributed by atoms with E-state index in [9.17, 15) is 4.79 Å². The third-order valence-corrected chi connectivity index (χ3v) is 6.94. The van der Waals surface area contributed by atoms with Gasteiger partial charge in [-0.05, 0) is 76.1 Å². The molecule has 2 aromatic rings. The number of hydrogen-bond donors (Lipinski definition) is 1. The normalized spacial score (nSPS) is 18.2. The summed E-state index contributed by atoms with van der Waals surface area (Å²) in [6, 6.07) is 9.73. The summed E-state index contributed by atoms with van der Waals surface area (Å²) in [4.78, 5) is 21.1. The second-order valence-corrected chi connectivity index (χ2v) is 9.03. The number of piperidine rings is 1. The van der Waals surface area contributed by atoms with Crippen molar-refractivity contribution in [3.63, 3.8) is 0 Å². The Labute approximate surface area is 166 Å². The van der Waals surface area contributed by atoms with Crippen LogP contribution < -0.4 is 5.32 Å². The monoisotopic (exact) mass is 383 g/mol. The molecule has 4 nitrogen and oxygen atoms in total. The molecular formula is C22H29N3OS. The van der Waals surface area contributed by atoms with E-state index in [0.717, 1.165) is 31.7 Å². The van der Waals surface area contributed by atoms with Crippen molar-refractivity contribution in [3.8, 4) is 0 Å².